The number of hydrogen-bond donors (Lipinski definition) is 2. The molecule has 124 valence electrons. The third-order valence-electron chi connectivity index (χ3n) is 4.57. The highest BCUT2D eigenvalue weighted by Crippen LogP contribution is 2.30. The molecule has 0 radical (unpaired) electrons. The van der Waals surface area contributed by atoms with Crippen molar-refractivity contribution in [2.45, 2.75) is 31.4 Å². The monoisotopic (exact) mass is 335 g/mol. The van der Waals surface area contributed by atoms with Crippen LogP contribution < -0.4 is 10.9 Å². The van der Waals surface area contributed by atoms with E-state index in [1.165, 1.54) is 10.6 Å². The number of halogens is 1. The van der Waals surface area contributed by atoms with Gasteiger partial charge >= 0.3 is 0 Å². The van der Waals surface area contributed by atoms with Gasteiger partial charge in [0.1, 0.15) is 0 Å². The van der Waals surface area contributed by atoms with Crippen molar-refractivity contribution in [1.82, 2.24) is 14.9 Å². The maximum atomic E-state index is 12.4. The van der Waals surface area contributed by atoms with Gasteiger partial charge in [0.25, 0.3) is 5.56 Å². The summed E-state index contributed by atoms with van der Waals surface area (Å²) >= 11 is 0. The van der Waals surface area contributed by atoms with Gasteiger partial charge in [-0.25, -0.2) is 4.98 Å². The minimum atomic E-state index is -0.856. The largest absolute Gasteiger partial charge is 0.388 e. The number of rotatable bonds is 3. The first-order valence-corrected chi connectivity index (χ1v) is 7.67. The number of nitrogens with zero attached hydrogens (tertiary/aromatic N) is 2. The Kier molecular flexibility index (Phi) is 5.57. The zero-order chi connectivity index (χ0) is 15.6. The third kappa shape index (κ3) is 3.63. The van der Waals surface area contributed by atoms with E-state index in [-0.39, 0.29) is 24.0 Å². The van der Waals surface area contributed by atoms with Gasteiger partial charge in [-0.1, -0.05) is 30.3 Å². The SMILES string of the molecule is C[C@H](n1cnc(-c2ccccc2)cc1=O)C1(O)CCNCC1.Cl. The number of aromatic nitrogens is 2. The molecule has 1 aliphatic rings. The summed E-state index contributed by atoms with van der Waals surface area (Å²) in [6.07, 6.45) is 2.83. The van der Waals surface area contributed by atoms with Crippen LogP contribution in [0, 0.1) is 0 Å². The Hall–Kier alpha value is -1.69. The number of hydrogen-bond acceptors (Lipinski definition) is 4. The van der Waals surface area contributed by atoms with Crippen molar-refractivity contribution in [2.75, 3.05) is 13.1 Å². The van der Waals surface area contributed by atoms with Crippen LogP contribution in [-0.2, 0) is 0 Å². The Morgan fingerprint density at radius 2 is 1.91 bits per heavy atom. The lowest BCUT2D eigenvalue weighted by molar-refractivity contribution is -0.0330. The molecule has 1 aromatic heterocycles. The summed E-state index contributed by atoms with van der Waals surface area (Å²) in [4.78, 5) is 16.8. The van der Waals surface area contributed by atoms with Gasteiger partial charge in [-0.2, -0.15) is 0 Å². The standard InChI is InChI=1S/C17H21N3O2.ClH/c1-13(17(22)7-9-18-10-8-17)20-12-19-15(11-16(20)21)14-5-3-2-4-6-14;/h2-6,11-13,18,22H,7-10H2,1H3;1H/t13-;/m0./s1. The summed E-state index contributed by atoms with van der Waals surface area (Å²) in [5.41, 5.74) is 0.588. The second kappa shape index (κ2) is 7.25. The van der Waals surface area contributed by atoms with Gasteiger partial charge in [0.2, 0.25) is 0 Å². The molecule has 0 saturated carbocycles. The highest BCUT2D eigenvalue weighted by Gasteiger charge is 2.36. The Morgan fingerprint density at radius 1 is 1.26 bits per heavy atom. The number of benzene rings is 1. The van der Waals surface area contributed by atoms with E-state index in [0.29, 0.717) is 18.5 Å². The van der Waals surface area contributed by atoms with Gasteiger partial charge in [0, 0.05) is 11.6 Å². The Bertz CT molecular complexity index is 696. The fraction of sp³-hybridized carbons (Fsp3) is 0.412. The van der Waals surface area contributed by atoms with Gasteiger partial charge in [0.05, 0.1) is 23.7 Å². The second-order valence-electron chi connectivity index (χ2n) is 5.92. The van der Waals surface area contributed by atoms with Crippen LogP contribution in [0.4, 0.5) is 0 Å². The first-order valence-electron chi connectivity index (χ1n) is 7.67. The molecule has 2 aromatic rings. The highest BCUT2D eigenvalue weighted by molar-refractivity contribution is 5.85. The van der Waals surface area contributed by atoms with E-state index in [1.807, 2.05) is 37.3 Å². The van der Waals surface area contributed by atoms with E-state index in [2.05, 4.69) is 10.3 Å². The summed E-state index contributed by atoms with van der Waals surface area (Å²) in [7, 11) is 0. The molecule has 0 aliphatic carbocycles. The van der Waals surface area contributed by atoms with Crippen molar-refractivity contribution < 1.29 is 5.11 Å². The lowest BCUT2D eigenvalue weighted by atomic mass is 9.85. The second-order valence-corrected chi connectivity index (χ2v) is 5.92. The molecule has 0 amide bonds. The number of nitrogens with one attached hydrogen (secondary N) is 1. The lowest BCUT2D eigenvalue weighted by Gasteiger charge is -2.38. The van der Waals surface area contributed by atoms with E-state index in [0.717, 1.165) is 18.7 Å². The molecule has 1 saturated heterocycles. The van der Waals surface area contributed by atoms with Crippen LogP contribution in [0.3, 0.4) is 0 Å². The van der Waals surface area contributed by atoms with E-state index < -0.39 is 5.60 Å². The van der Waals surface area contributed by atoms with Crippen LogP contribution in [-0.4, -0.2) is 33.3 Å². The summed E-state index contributed by atoms with van der Waals surface area (Å²) in [5, 5.41) is 14.0. The first kappa shape index (κ1) is 17.7. The van der Waals surface area contributed by atoms with E-state index in [9.17, 15) is 9.90 Å². The molecule has 23 heavy (non-hydrogen) atoms. The quantitative estimate of drug-likeness (QED) is 0.900. The minimum absolute atomic E-state index is 0. The average Bonchev–Trinajstić information content (AvgIpc) is 2.56. The van der Waals surface area contributed by atoms with Crippen LogP contribution in [0.2, 0.25) is 0 Å². The van der Waals surface area contributed by atoms with Gasteiger partial charge in [-0.15, -0.1) is 12.4 Å². The fourth-order valence-electron chi connectivity index (χ4n) is 3.00. The van der Waals surface area contributed by atoms with Crippen LogP contribution in [0.1, 0.15) is 25.8 Å². The Morgan fingerprint density at radius 3 is 2.52 bits per heavy atom. The number of aliphatic hydroxyl groups is 1. The van der Waals surface area contributed by atoms with Crippen molar-refractivity contribution >= 4 is 12.4 Å². The molecule has 2 N–H and O–H groups in total. The first-order chi connectivity index (χ1) is 10.6. The molecule has 5 nitrogen and oxygen atoms in total. The van der Waals surface area contributed by atoms with E-state index >= 15 is 0 Å². The molecule has 6 heteroatoms. The summed E-state index contributed by atoms with van der Waals surface area (Å²) in [6.45, 7) is 3.42. The lowest BCUT2D eigenvalue weighted by Crippen LogP contribution is -2.48. The van der Waals surface area contributed by atoms with Gasteiger partial charge in [-0.05, 0) is 32.9 Å². The van der Waals surface area contributed by atoms with Crippen molar-refractivity contribution in [3.63, 3.8) is 0 Å². The highest BCUT2D eigenvalue weighted by atomic mass is 35.5. The van der Waals surface area contributed by atoms with Crippen LogP contribution in [0.5, 0.6) is 0 Å². The topological polar surface area (TPSA) is 67.2 Å². The molecule has 0 bridgehead atoms. The molecule has 1 fully saturated rings. The van der Waals surface area contributed by atoms with Crippen LogP contribution in [0.15, 0.2) is 47.5 Å². The zero-order valence-corrected chi connectivity index (χ0v) is 13.9. The van der Waals surface area contributed by atoms with E-state index in [1.54, 1.807) is 6.33 Å². The predicted molar refractivity (Wildman–Crippen MR) is 92.9 cm³/mol. The van der Waals surface area contributed by atoms with Crippen LogP contribution in [0.25, 0.3) is 11.3 Å². The molecule has 2 heterocycles. The van der Waals surface area contributed by atoms with Gasteiger partial charge in [0.15, 0.2) is 0 Å². The van der Waals surface area contributed by atoms with Crippen molar-refractivity contribution in [3.05, 3.63) is 53.1 Å². The fourth-order valence-corrected chi connectivity index (χ4v) is 3.00. The van der Waals surface area contributed by atoms with Crippen molar-refractivity contribution in [1.29, 1.82) is 0 Å². The van der Waals surface area contributed by atoms with Crippen molar-refractivity contribution in [3.8, 4) is 11.3 Å². The molecule has 0 spiro atoms. The third-order valence-corrected chi connectivity index (χ3v) is 4.57. The summed E-state index contributed by atoms with van der Waals surface area (Å²) in [5.74, 6) is 0. The normalized spacial score (nSPS) is 18.0. The zero-order valence-electron chi connectivity index (χ0n) is 13.1. The minimum Gasteiger partial charge on any atom is -0.388 e. The molecular weight excluding hydrogens is 314 g/mol. The molecular formula is C17H22ClN3O2. The van der Waals surface area contributed by atoms with Gasteiger partial charge in [-0.3, -0.25) is 9.36 Å². The molecule has 1 atom stereocenters. The molecule has 1 aromatic carbocycles. The van der Waals surface area contributed by atoms with Crippen LogP contribution >= 0.6 is 12.4 Å². The molecule has 3 rings (SSSR count). The average molecular weight is 336 g/mol. The molecule has 0 unspecified atom stereocenters. The summed E-state index contributed by atoms with van der Waals surface area (Å²) < 4.78 is 1.54. The number of piperidine rings is 1. The molecule has 1 aliphatic heterocycles. The summed E-state index contributed by atoms with van der Waals surface area (Å²) in [6, 6.07) is 10.9. The smallest absolute Gasteiger partial charge is 0.254 e. The Balaban J connectivity index is 0.00000192. The van der Waals surface area contributed by atoms with Crippen molar-refractivity contribution in [2.24, 2.45) is 0 Å². The van der Waals surface area contributed by atoms with E-state index in [4.69, 9.17) is 0 Å². The maximum absolute atomic E-state index is 12.4. The Labute approximate surface area is 141 Å². The maximum Gasteiger partial charge on any atom is 0.254 e. The predicted octanol–water partition coefficient (Wildman–Crippen LogP) is 2.01. The van der Waals surface area contributed by atoms with Gasteiger partial charge < -0.3 is 10.4 Å².